The van der Waals surface area contributed by atoms with E-state index >= 15 is 0 Å². The van der Waals surface area contributed by atoms with Crippen molar-refractivity contribution in [2.24, 2.45) is 11.3 Å². The molecule has 8 nitrogen and oxygen atoms in total. The van der Waals surface area contributed by atoms with Gasteiger partial charge in [-0.05, 0) is 31.4 Å². The molecule has 2 aliphatic rings. The summed E-state index contributed by atoms with van der Waals surface area (Å²) in [6, 6.07) is 6.47. The van der Waals surface area contributed by atoms with E-state index in [1.807, 2.05) is 0 Å². The number of carbonyl (C=O) groups is 4. The smallest absolute Gasteiger partial charge is 0.258 e. The third kappa shape index (κ3) is 3.25. The number of Topliss-reactive ketones (excluding diaryl/α,β-unsaturated/α-hetero) is 1. The summed E-state index contributed by atoms with van der Waals surface area (Å²) < 4.78 is 4.99. The van der Waals surface area contributed by atoms with E-state index in [1.165, 1.54) is 0 Å². The second kappa shape index (κ2) is 6.64. The van der Waals surface area contributed by atoms with E-state index in [2.05, 4.69) is 16.2 Å². The van der Waals surface area contributed by atoms with Gasteiger partial charge in [0, 0.05) is 19.3 Å². The van der Waals surface area contributed by atoms with Crippen LogP contribution >= 0.6 is 0 Å². The van der Waals surface area contributed by atoms with Crippen molar-refractivity contribution in [2.75, 3.05) is 19.0 Å². The van der Waals surface area contributed by atoms with Crippen molar-refractivity contribution < 1.29 is 23.9 Å². The average molecular weight is 345 g/mol. The van der Waals surface area contributed by atoms with E-state index in [0.717, 1.165) is 0 Å². The molecule has 0 spiro atoms. The molecule has 8 heteroatoms. The molecular weight excluding hydrogens is 326 g/mol. The van der Waals surface area contributed by atoms with E-state index in [9.17, 15) is 19.2 Å². The molecule has 25 heavy (non-hydrogen) atoms. The molecule has 1 saturated carbocycles. The Labute approximate surface area is 144 Å². The van der Waals surface area contributed by atoms with Gasteiger partial charge >= 0.3 is 0 Å². The van der Waals surface area contributed by atoms with Gasteiger partial charge in [-0.15, -0.1) is 0 Å². The Bertz CT molecular complexity index is 742. The largest absolute Gasteiger partial charge is 0.385 e. The first-order valence-electron chi connectivity index (χ1n) is 8.02. The molecule has 1 unspecified atom stereocenters. The van der Waals surface area contributed by atoms with Crippen molar-refractivity contribution in [3.63, 3.8) is 0 Å². The van der Waals surface area contributed by atoms with E-state index < -0.39 is 28.9 Å². The van der Waals surface area contributed by atoms with Crippen LogP contribution in [0.2, 0.25) is 0 Å². The fraction of sp³-hybridized carbons (Fsp3) is 0.412. The number of benzene rings is 1. The zero-order chi connectivity index (χ0) is 18.0. The third-order valence-electron chi connectivity index (χ3n) is 4.66. The van der Waals surface area contributed by atoms with Gasteiger partial charge in [-0.25, -0.2) is 0 Å². The molecule has 1 aliphatic carbocycles. The lowest BCUT2D eigenvalue weighted by atomic mass is 9.91. The van der Waals surface area contributed by atoms with Crippen LogP contribution < -0.4 is 16.2 Å². The van der Waals surface area contributed by atoms with Crippen LogP contribution in [0.3, 0.4) is 0 Å². The number of ether oxygens (including phenoxy) is 1. The van der Waals surface area contributed by atoms with Crippen LogP contribution in [0.1, 0.15) is 29.6 Å². The van der Waals surface area contributed by atoms with Crippen molar-refractivity contribution in [1.29, 1.82) is 0 Å². The van der Waals surface area contributed by atoms with Gasteiger partial charge in [-0.3, -0.25) is 30.0 Å². The Morgan fingerprint density at radius 2 is 1.96 bits per heavy atom. The SMILES string of the molecule is COCCC1(C(=O)NNC(=O)C2C(=O)Nc3ccccc3C2=O)CC1. The van der Waals surface area contributed by atoms with E-state index in [-0.39, 0.29) is 11.5 Å². The minimum atomic E-state index is -1.52. The number of hydrazine groups is 1. The zero-order valence-electron chi connectivity index (χ0n) is 13.8. The fourth-order valence-electron chi connectivity index (χ4n) is 2.89. The Morgan fingerprint density at radius 3 is 2.64 bits per heavy atom. The van der Waals surface area contributed by atoms with Crippen LogP contribution in [0.4, 0.5) is 5.69 Å². The highest BCUT2D eigenvalue weighted by atomic mass is 16.5. The number of nitrogens with one attached hydrogen (secondary N) is 3. The number of fused-ring (bicyclic) bond motifs is 1. The predicted octanol–water partition coefficient (Wildman–Crippen LogP) is 0.402. The first-order chi connectivity index (χ1) is 12.0. The minimum absolute atomic E-state index is 0.271. The minimum Gasteiger partial charge on any atom is -0.385 e. The number of rotatable bonds is 5. The Morgan fingerprint density at radius 1 is 1.24 bits per heavy atom. The second-order valence-electron chi connectivity index (χ2n) is 6.30. The van der Waals surface area contributed by atoms with E-state index in [0.29, 0.717) is 31.6 Å². The number of hydrogen-bond donors (Lipinski definition) is 3. The summed E-state index contributed by atoms with van der Waals surface area (Å²) in [5.74, 6) is -4.01. The lowest BCUT2D eigenvalue weighted by Gasteiger charge is -2.23. The number of methoxy groups -OCH3 is 1. The van der Waals surface area contributed by atoms with Crippen molar-refractivity contribution in [3.05, 3.63) is 29.8 Å². The average Bonchev–Trinajstić information content (AvgIpc) is 3.39. The first-order valence-corrected chi connectivity index (χ1v) is 8.02. The van der Waals surface area contributed by atoms with Crippen molar-refractivity contribution >= 4 is 29.2 Å². The zero-order valence-corrected chi connectivity index (χ0v) is 13.8. The molecule has 1 fully saturated rings. The number of carbonyl (C=O) groups excluding carboxylic acids is 4. The van der Waals surface area contributed by atoms with Crippen LogP contribution in [0.5, 0.6) is 0 Å². The summed E-state index contributed by atoms with van der Waals surface area (Å²) in [6.07, 6.45) is 1.99. The molecule has 3 amide bonds. The summed E-state index contributed by atoms with van der Waals surface area (Å²) in [4.78, 5) is 49.0. The Kier molecular flexibility index (Phi) is 4.54. The standard InChI is InChI=1S/C17H19N3O5/c1-25-9-8-17(6-7-17)16(24)20-19-15(23)12-13(21)10-4-2-3-5-11(10)18-14(12)22/h2-5,12H,6-9H2,1H3,(H,18,22)(H,19,23)(H,20,24). The maximum Gasteiger partial charge on any atom is 0.258 e. The second-order valence-corrected chi connectivity index (χ2v) is 6.30. The van der Waals surface area contributed by atoms with Crippen molar-refractivity contribution in [1.82, 2.24) is 10.9 Å². The monoisotopic (exact) mass is 345 g/mol. The lowest BCUT2D eigenvalue weighted by Crippen LogP contribution is -2.52. The van der Waals surface area contributed by atoms with Crippen molar-refractivity contribution in [3.8, 4) is 0 Å². The maximum absolute atomic E-state index is 12.4. The molecule has 1 aromatic rings. The molecule has 1 aromatic carbocycles. The predicted molar refractivity (Wildman–Crippen MR) is 87.3 cm³/mol. The summed E-state index contributed by atoms with van der Waals surface area (Å²) in [7, 11) is 1.56. The van der Waals surface area contributed by atoms with Gasteiger partial charge in [-0.1, -0.05) is 12.1 Å². The van der Waals surface area contributed by atoms with Crippen LogP contribution in [0.15, 0.2) is 24.3 Å². The normalized spacial score (nSPS) is 20.3. The topological polar surface area (TPSA) is 114 Å². The molecule has 0 saturated heterocycles. The molecule has 132 valence electrons. The van der Waals surface area contributed by atoms with Crippen molar-refractivity contribution in [2.45, 2.75) is 19.3 Å². The van der Waals surface area contributed by atoms with Gasteiger partial charge < -0.3 is 10.1 Å². The quantitative estimate of drug-likeness (QED) is 0.528. The molecular formula is C17H19N3O5. The van der Waals surface area contributed by atoms with Crippen LogP contribution in [-0.2, 0) is 19.1 Å². The van der Waals surface area contributed by atoms with Gasteiger partial charge in [0.15, 0.2) is 11.7 Å². The molecule has 0 aromatic heterocycles. The Balaban J connectivity index is 1.63. The van der Waals surface area contributed by atoms with E-state index in [4.69, 9.17) is 4.74 Å². The van der Waals surface area contributed by atoms with E-state index in [1.54, 1.807) is 31.4 Å². The number of hydrogen-bond acceptors (Lipinski definition) is 5. The molecule has 1 aliphatic heterocycles. The summed E-state index contributed by atoms with van der Waals surface area (Å²) in [5, 5.41) is 2.53. The molecule has 0 bridgehead atoms. The first kappa shape index (κ1) is 17.1. The molecule has 1 atom stereocenters. The third-order valence-corrected chi connectivity index (χ3v) is 4.66. The van der Waals surface area contributed by atoms with Gasteiger partial charge in [0.1, 0.15) is 0 Å². The number of anilines is 1. The van der Waals surface area contributed by atoms with Crippen LogP contribution in [0, 0.1) is 11.3 Å². The lowest BCUT2D eigenvalue weighted by molar-refractivity contribution is -0.136. The highest BCUT2D eigenvalue weighted by Crippen LogP contribution is 2.48. The highest BCUT2D eigenvalue weighted by molar-refractivity contribution is 6.30. The fourth-order valence-corrected chi connectivity index (χ4v) is 2.89. The molecule has 1 heterocycles. The summed E-state index contributed by atoms with van der Waals surface area (Å²) in [5.41, 5.74) is 4.65. The maximum atomic E-state index is 12.4. The summed E-state index contributed by atoms with van der Waals surface area (Å²) >= 11 is 0. The Hall–Kier alpha value is -2.74. The highest BCUT2D eigenvalue weighted by Gasteiger charge is 2.49. The molecule has 0 radical (unpaired) electrons. The van der Waals surface area contributed by atoms with Crippen LogP contribution in [-0.4, -0.2) is 37.2 Å². The number of para-hydroxylation sites is 1. The van der Waals surface area contributed by atoms with Gasteiger partial charge in [0.2, 0.25) is 11.8 Å². The van der Waals surface area contributed by atoms with Gasteiger partial charge in [0.05, 0.1) is 11.1 Å². The number of ketones is 1. The van der Waals surface area contributed by atoms with Gasteiger partial charge in [0.25, 0.3) is 5.91 Å². The van der Waals surface area contributed by atoms with Crippen LogP contribution in [0.25, 0.3) is 0 Å². The summed E-state index contributed by atoms with van der Waals surface area (Å²) in [6.45, 7) is 0.446. The number of amides is 3. The molecule has 3 N–H and O–H groups in total. The molecule has 3 rings (SSSR count). The van der Waals surface area contributed by atoms with Gasteiger partial charge in [-0.2, -0.15) is 0 Å².